The minimum Gasteiger partial charge on any atom is -0.369 e. The Kier molecular flexibility index (Phi) is 5.48. The minimum atomic E-state index is -0.271. The number of pyridine rings is 1. The van der Waals surface area contributed by atoms with Crippen molar-refractivity contribution in [1.29, 1.82) is 0 Å². The Morgan fingerprint density at radius 1 is 1.03 bits per heavy atom. The molecule has 0 radical (unpaired) electrons. The highest BCUT2D eigenvalue weighted by Crippen LogP contribution is 2.32. The molecule has 0 amide bonds. The van der Waals surface area contributed by atoms with Crippen LogP contribution in [0.1, 0.15) is 18.9 Å². The van der Waals surface area contributed by atoms with Gasteiger partial charge < -0.3 is 5.32 Å². The number of halogens is 1. The highest BCUT2D eigenvalue weighted by molar-refractivity contribution is 5.96. The number of rotatable bonds is 6. The lowest BCUT2D eigenvalue weighted by molar-refractivity contribution is -0.116. The molecule has 0 unspecified atom stereocenters. The van der Waals surface area contributed by atoms with Crippen molar-refractivity contribution < 1.29 is 9.18 Å². The number of aryl methyl sites for hydroxylation is 1. The van der Waals surface area contributed by atoms with E-state index in [0.29, 0.717) is 24.6 Å². The zero-order valence-electron chi connectivity index (χ0n) is 16.8. The highest BCUT2D eigenvalue weighted by atomic mass is 19.1. The molecular weight excluding hydrogens is 379 g/mol. The van der Waals surface area contributed by atoms with Gasteiger partial charge in [-0.1, -0.05) is 12.1 Å². The molecule has 0 aliphatic rings. The Hall–Kier alpha value is -3.67. The van der Waals surface area contributed by atoms with Crippen molar-refractivity contribution in [2.75, 3.05) is 11.9 Å². The van der Waals surface area contributed by atoms with Crippen molar-refractivity contribution in [1.82, 2.24) is 15.0 Å². The molecule has 0 aliphatic heterocycles. The van der Waals surface area contributed by atoms with Gasteiger partial charge in [0.25, 0.3) is 0 Å². The van der Waals surface area contributed by atoms with Gasteiger partial charge in [-0.25, -0.2) is 14.4 Å². The molecule has 2 aromatic carbocycles. The van der Waals surface area contributed by atoms with Crippen LogP contribution in [-0.4, -0.2) is 27.3 Å². The van der Waals surface area contributed by atoms with Crippen molar-refractivity contribution in [2.24, 2.45) is 0 Å². The van der Waals surface area contributed by atoms with Gasteiger partial charge in [-0.05, 0) is 66.9 Å². The Balaban J connectivity index is 1.87. The van der Waals surface area contributed by atoms with Gasteiger partial charge in [0, 0.05) is 36.3 Å². The molecule has 0 spiro atoms. The van der Waals surface area contributed by atoms with Crippen LogP contribution in [0, 0.1) is 12.7 Å². The fraction of sp³-hybridized carbons (Fsp3) is 0.167. The van der Waals surface area contributed by atoms with E-state index in [-0.39, 0.29) is 11.6 Å². The van der Waals surface area contributed by atoms with E-state index in [2.05, 4.69) is 10.3 Å². The third kappa shape index (κ3) is 4.17. The number of hydrogen-bond donors (Lipinski definition) is 1. The molecule has 2 aromatic heterocycles. The van der Waals surface area contributed by atoms with Crippen LogP contribution in [-0.2, 0) is 4.79 Å². The fourth-order valence-electron chi connectivity index (χ4n) is 3.33. The number of nitrogens with zero attached hydrogens (tertiary/aromatic N) is 3. The van der Waals surface area contributed by atoms with E-state index >= 15 is 0 Å². The average Bonchev–Trinajstić information content (AvgIpc) is 2.75. The molecular formula is C24H21FN4O. The zero-order chi connectivity index (χ0) is 21.1. The van der Waals surface area contributed by atoms with Crippen molar-refractivity contribution in [3.05, 3.63) is 72.3 Å². The number of hydrogen-bond acceptors (Lipinski definition) is 5. The standard InChI is InChI=1S/C24H21FN4O/c1-15-12-19(17-5-7-20(25)8-6-17)13-21-22(15)28-23(18-4-3-10-26-14-18)29-24(21)27-11-9-16(2)30/h3-8,10,12-14H,9,11H2,1-2H3,(H,27,28,29). The molecule has 0 aliphatic carbocycles. The summed E-state index contributed by atoms with van der Waals surface area (Å²) in [6.45, 7) is 4.04. The van der Waals surface area contributed by atoms with E-state index in [9.17, 15) is 9.18 Å². The molecule has 150 valence electrons. The lowest BCUT2D eigenvalue weighted by Crippen LogP contribution is -2.09. The second kappa shape index (κ2) is 8.37. The largest absolute Gasteiger partial charge is 0.369 e. The smallest absolute Gasteiger partial charge is 0.163 e. The topological polar surface area (TPSA) is 67.8 Å². The monoisotopic (exact) mass is 400 g/mol. The van der Waals surface area contributed by atoms with Crippen LogP contribution in [0.5, 0.6) is 0 Å². The van der Waals surface area contributed by atoms with Gasteiger partial charge in [-0.3, -0.25) is 9.78 Å². The molecule has 30 heavy (non-hydrogen) atoms. The van der Waals surface area contributed by atoms with Crippen LogP contribution < -0.4 is 5.32 Å². The molecule has 0 fully saturated rings. The van der Waals surface area contributed by atoms with Crippen molar-refractivity contribution in [3.8, 4) is 22.5 Å². The van der Waals surface area contributed by atoms with Gasteiger partial charge in [-0.15, -0.1) is 0 Å². The molecule has 0 saturated carbocycles. The summed E-state index contributed by atoms with van der Waals surface area (Å²) in [5.74, 6) is 1.06. The summed E-state index contributed by atoms with van der Waals surface area (Å²) in [5.41, 5.74) is 4.48. The van der Waals surface area contributed by atoms with E-state index < -0.39 is 0 Å². The van der Waals surface area contributed by atoms with Crippen LogP contribution in [0.25, 0.3) is 33.4 Å². The molecule has 2 heterocycles. The molecule has 5 nitrogen and oxygen atoms in total. The summed E-state index contributed by atoms with van der Waals surface area (Å²) in [4.78, 5) is 25.1. The lowest BCUT2D eigenvalue weighted by Gasteiger charge is -2.14. The number of carbonyl (C=O) groups is 1. The van der Waals surface area contributed by atoms with E-state index in [4.69, 9.17) is 9.97 Å². The Morgan fingerprint density at radius 2 is 1.83 bits per heavy atom. The molecule has 0 atom stereocenters. The fourth-order valence-corrected chi connectivity index (χ4v) is 3.33. The molecule has 0 saturated heterocycles. The summed E-state index contributed by atoms with van der Waals surface area (Å²) >= 11 is 0. The average molecular weight is 400 g/mol. The van der Waals surface area contributed by atoms with Gasteiger partial charge in [0.15, 0.2) is 5.82 Å². The summed E-state index contributed by atoms with van der Waals surface area (Å²) in [6, 6.07) is 14.2. The van der Waals surface area contributed by atoms with Gasteiger partial charge in [-0.2, -0.15) is 0 Å². The second-order valence-corrected chi connectivity index (χ2v) is 7.21. The van der Waals surface area contributed by atoms with Crippen molar-refractivity contribution in [2.45, 2.75) is 20.3 Å². The van der Waals surface area contributed by atoms with E-state index in [1.54, 1.807) is 31.5 Å². The number of benzene rings is 2. The third-order valence-electron chi connectivity index (χ3n) is 4.86. The van der Waals surface area contributed by atoms with Gasteiger partial charge >= 0.3 is 0 Å². The van der Waals surface area contributed by atoms with Crippen LogP contribution in [0.3, 0.4) is 0 Å². The van der Waals surface area contributed by atoms with Gasteiger partial charge in [0.05, 0.1) is 5.52 Å². The van der Waals surface area contributed by atoms with Gasteiger partial charge in [0.1, 0.15) is 17.4 Å². The van der Waals surface area contributed by atoms with Crippen LogP contribution in [0.2, 0.25) is 0 Å². The van der Waals surface area contributed by atoms with Gasteiger partial charge in [0.2, 0.25) is 0 Å². The van der Waals surface area contributed by atoms with E-state index in [0.717, 1.165) is 33.2 Å². The number of aromatic nitrogens is 3. The predicted molar refractivity (Wildman–Crippen MR) is 117 cm³/mol. The van der Waals surface area contributed by atoms with Crippen molar-refractivity contribution >= 4 is 22.5 Å². The SMILES string of the molecule is CC(=O)CCNc1nc(-c2cccnc2)nc2c(C)cc(-c3ccc(F)cc3)cc12. The second-order valence-electron chi connectivity index (χ2n) is 7.21. The Morgan fingerprint density at radius 3 is 2.53 bits per heavy atom. The Bertz CT molecular complexity index is 1210. The summed E-state index contributed by atoms with van der Waals surface area (Å²) in [7, 11) is 0. The lowest BCUT2D eigenvalue weighted by atomic mass is 10.00. The number of Topliss-reactive ketones (excluding diaryl/α,β-unsaturated/α-hetero) is 1. The summed E-state index contributed by atoms with van der Waals surface area (Å²) < 4.78 is 13.3. The number of nitrogens with one attached hydrogen (secondary N) is 1. The molecule has 6 heteroatoms. The first kappa shape index (κ1) is 19.6. The zero-order valence-corrected chi connectivity index (χ0v) is 16.8. The highest BCUT2D eigenvalue weighted by Gasteiger charge is 2.14. The first-order valence-corrected chi connectivity index (χ1v) is 9.73. The van der Waals surface area contributed by atoms with Crippen molar-refractivity contribution in [3.63, 3.8) is 0 Å². The maximum atomic E-state index is 13.3. The number of anilines is 1. The third-order valence-corrected chi connectivity index (χ3v) is 4.86. The van der Waals surface area contributed by atoms with Crippen LogP contribution in [0.4, 0.5) is 10.2 Å². The Labute approximate surface area is 174 Å². The maximum absolute atomic E-state index is 13.3. The summed E-state index contributed by atoms with van der Waals surface area (Å²) in [5, 5.41) is 4.14. The molecule has 1 N–H and O–H groups in total. The summed E-state index contributed by atoms with van der Waals surface area (Å²) in [6.07, 6.45) is 3.84. The number of fused-ring (bicyclic) bond motifs is 1. The van der Waals surface area contributed by atoms with Crippen LogP contribution in [0.15, 0.2) is 60.9 Å². The maximum Gasteiger partial charge on any atom is 0.163 e. The predicted octanol–water partition coefficient (Wildman–Crippen LogP) is 5.20. The van der Waals surface area contributed by atoms with Crippen LogP contribution >= 0.6 is 0 Å². The molecule has 4 aromatic rings. The number of ketones is 1. The minimum absolute atomic E-state index is 0.108. The molecule has 4 rings (SSSR count). The van der Waals surface area contributed by atoms with E-state index in [1.165, 1.54) is 12.1 Å². The first-order valence-electron chi connectivity index (χ1n) is 9.73. The first-order chi connectivity index (χ1) is 14.5. The molecule has 0 bridgehead atoms. The normalized spacial score (nSPS) is 10.9. The van der Waals surface area contributed by atoms with E-state index in [1.807, 2.05) is 31.2 Å². The quantitative estimate of drug-likeness (QED) is 0.482. The number of carbonyl (C=O) groups excluding carboxylic acids is 1.